The van der Waals surface area contributed by atoms with Gasteiger partial charge in [0, 0.05) is 13.2 Å². The second kappa shape index (κ2) is 3.48. The zero-order chi connectivity index (χ0) is 12.0. The lowest BCUT2D eigenvalue weighted by Gasteiger charge is -1.97. The topological polar surface area (TPSA) is 33.6 Å². The predicted molar refractivity (Wildman–Crippen MR) is 70.0 cm³/mol. The summed E-state index contributed by atoms with van der Waals surface area (Å²) in [7, 11) is 2.03. The van der Waals surface area contributed by atoms with Crippen molar-refractivity contribution in [1.29, 1.82) is 0 Å². The first-order valence-corrected chi connectivity index (χ1v) is 5.74. The summed E-state index contributed by atoms with van der Waals surface area (Å²) < 4.78 is 2.07. The van der Waals surface area contributed by atoms with Crippen LogP contribution in [0.3, 0.4) is 0 Å². The van der Waals surface area contributed by atoms with E-state index in [0.29, 0.717) is 0 Å². The highest BCUT2D eigenvalue weighted by Gasteiger charge is 2.08. The van der Waals surface area contributed by atoms with E-state index in [0.717, 1.165) is 22.6 Å². The number of aromatic nitrogens is 3. The normalized spacial score (nSPS) is 11.2. The summed E-state index contributed by atoms with van der Waals surface area (Å²) in [5, 5.41) is 0. The Morgan fingerprint density at radius 2 is 1.94 bits per heavy atom. The molecule has 3 nitrogen and oxygen atoms in total. The van der Waals surface area contributed by atoms with Crippen molar-refractivity contribution >= 4 is 11.0 Å². The monoisotopic (exact) mass is 225 g/mol. The summed E-state index contributed by atoms with van der Waals surface area (Å²) in [5.74, 6) is 0.928. The first-order chi connectivity index (χ1) is 8.15. The number of H-pyrrole nitrogens is 1. The molecule has 0 saturated heterocycles. The second-order valence-electron chi connectivity index (χ2n) is 4.54. The van der Waals surface area contributed by atoms with Gasteiger partial charge in [-0.25, -0.2) is 4.98 Å². The molecule has 0 radical (unpaired) electrons. The smallest absolute Gasteiger partial charge is 0.155 e. The Labute approximate surface area is 100 Å². The van der Waals surface area contributed by atoms with Crippen LogP contribution in [0.1, 0.15) is 11.1 Å². The molecule has 0 bridgehead atoms. The van der Waals surface area contributed by atoms with Gasteiger partial charge in [0.05, 0.1) is 16.7 Å². The van der Waals surface area contributed by atoms with E-state index < -0.39 is 0 Å². The zero-order valence-electron chi connectivity index (χ0n) is 10.3. The van der Waals surface area contributed by atoms with Gasteiger partial charge in [-0.15, -0.1) is 0 Å². The van der Waals surface area contributed by atoms with Crippen molar-refractivity contribution in [1.82, 2.24) is 14.5 Å². The van der Waals surface area contributed by atoms with E-state index >= 15 is 0 Å². The highest BCUT2D eigenvalue weighted by Crippen LogP contribution is 2.22. The van der Waals surface area contributed by atoms with Gasteiger partial charge in [-0.3, -0.25) is 0 Å². The number of aryl methyl sites for hydroxylation is 3. The van der Waals surface area contributed by atoms with Gasteiger partial charge >= 0.3 is 0 Å². The van der Waals surface area contributed by atoms with E-state index in [4.69, 9.17) is 0 Å². The molecular formula is C14H15N3. The number of hydrogen-bond donors (Lipinski definition) is 1. The molecule has 0 unspecified atom stereocenters. The van der Waals surface area contributed by atoms with Crippen molar-refractivity contribution < 1.29 is 0 Å². The SMILES string of the molecule is Cc1cc2nc(-c3cccn3C)[nH]c2cc1C. The van der Waals surface area contributed by atoms with Gasteiger partial charge in [0.25, 0.3) is 0 Å². The van der Waals surface area contributed by atoms with Crippen molar-refractivity contribution in [3.8, 4) is 11.5 Å². The van der Waals surface area contributed by atoms with Crippen LogP contribution in [0.2, 0.25) is 0 Å². The molecule has 0 aliphatic carbocycles. The molecule has 0 atom stereocenters. The lowest BCUT2D eigenvalue weighted by molar-refractivity contribution is 0.927. The van der Waals surface area contributed by atoms with E-state index in [1.54, 1.807) is 0 Å². The molecule has 3 rings (SSSR count). The first kappa shape index (κ1) is 10.1. The molecule has 3 aromatic rings. The van der Waals surface area contributed by atoms with E-state index in [1.807, 2.05) is 19.3 Å². The first-order valence-electron chi connectivity index (χ1n) is 5.74. The third-order valence-electron chi connectivity index (χ3n) is 3.28. The zero-order valence-corrected chi connectivity index (χ0v) is 10.3. The molecule has 2 heterocycles. The molecule has 0 amide bonds. The van der Waals surface area contributed by atoms with Crippen molar-refractivity contribution in [3.05, 3.63) is 41.6 Å². The number of nitrogens with one attached hydrogen (secondary N) is 1. The average Bonchev–Trinajstić information content (AvgIpc) is 2.85. The van der Waals surface area contributed by atoms with Crippen LogP contribution in [0.4, 0.5) is 0 Å². The Morgan fingerprint density at radius 3 is 2.65 bits per heavy atom. The fraction of sp³-hybridized carbons (Fsp3) is 0.214. The van der Waals surface area contributed by atoms with Gasteiger partial charge in [-0.1, -0.05) is 0 Å². The van der Waals surface area contributed by atoms with Crippen LogP contribution in [-0.2, 0) is 7.05 Å². The summed E-state index contributed by atoms with van der Waals surface area (Å²) in [4.78, 5) is 8.02. The Bertz CT molecular complexity index is 650. The number of imidazole rings is 1. The van der Waals surface area contributed by atoms with Crippen LogP contribution in [0.5, 0.6) is 0 Å². The van der Waals surface area contributed by atoms with Gasteiger partial charge in [0.1, 0.15) is 0 Å². The van der Waals surface area contributed by atoms with Crippen LogP contribution in [0.15, 0.2) is 30.5 Å². The maximum absolute atomic E-state index is 4.64. The number of nitrogens with zero attached hydrogens (tertiary/aromatic N) is 2. The fourth-order valence-electron chi connectivity index (χ4n) is 2.10. The van der Waals surface area contributed by atoms with E-state index in [9.17, 15) is 0 Å². The molecule has 0 aliphatic heterocycles. The fourth-order valence-corrected chi connectivity index (χ4v) is 2.10. The van der Waals surface area contributed by atoms with Gasteiger partial charge in [0.15, 0.2) is 5.82 Å². The van der Waals surface area contributed by atoms with Crippen LogP contribution >= 0.6 is 0 Å². The van der Waals surface area contributed by atoms with Crippen molar-refractivity contribution in [2.45, 2.75) is 13.8 Å². The molecule has 0 saturated carbocycles. The van der Waals surface area contributed by atoms with E-state index in [2.05, 4.69) is 46.6 Å². The third kappa shape index (κ3) is 1.55. The molecular weight excluding hydrogens is 210 g/mol. The lowest BCUT2D eigenvalue weighted by Crippen LogP contribution is -1.90. The van der Waals surface area contributed by atoms with Crippen molar-refractivity contribution in [3.63, 3.8) is 0 Å². The maximum atomic E-state index is 4.64. The quantitative estimate of drug-likeness (QED) is 0.678. The van der Waals surface area contributed by atoms with Gasteiger partial charge < -0.3 is 9.55 Å². The highest BCUT2D eigenvalue weighted by atomic mass is 15.0. The van der Waals surface area contributed by atoms with Crippen molar-refractivity contribution in [2.75, 3.05) is 0 Å². The number of rotatable bonds is 1. The third-order valence-corrected chi connectivity index (χ3v) is 3.28. The average molecular weight is 225 g/mol. The summed E-state index contributed by atoms with van der Waals surface area (Å²) in [6.07, 6.45) is 2.03. The lowest BCUT2D eigenvalue weighted by atomic mass is 10.1. The number of aromatic amines is 1. The van der Waals surface area contributed by atoms with E-state index in [-0.39, 0.29) is 0 Å². The Balaban J connectivity index is 2.24. The summed E-state index contributed by atoms with van der Waals surface area (Å²) in [6.45, 7) is 4.24. The van der Waals surface area contributed by atoms with Crippen LogP contribution in [0, 0.1) is 13.8 Å². The molecule has 17 heavy (non-hydrogen) atoms. The van der Waals surface area contributed by atoms with Crippen LogP contribution < -0.4 is 0 Å². The number of fused-ring (bicyclic) bond motifs is 1. The molecule has 0 aliphatic rings. The standard InChI is InChI=1S/C14H15N3/c1-9-7-11-12(8-10(9)2)16-14(15-11)13-5-4-6-17(13)3/h4-8H,1-3H3,(H,15,16). The van der Waals surface area contributed by atoms with Gasteiger partial charge in [-0.2, -0.15) is 0 Å². The molecule has 1 aromatic carbocycles. The number of hydrogen-bond acceptors (Lipinski definition) is 1. The minimum Gasteiger partial charge on any atom is -0.348 e. The summed E-state index contributed by atoms with van der Waals surface area (Å²) in [6, 6.07) is 8.38. The van der Waals surface area contributed by atoms with Gasteiger partial charge in [-0.05, 0) is 49.2 Å². The summed E-state index contributed by atoms with van der Waals surface area (Å²) >= 11 is 0. The van der Waals surface area contributed by atoms with Crippen LogP contribution in [-0.4, -0.2) is 14.5 Å². The molecule has 1 N–H and O–H groups in total. The maximum Gasteiger partial charge on any atom is 0.155 e. The predicted octanol–water partition coefficient (Wildman–Crippen LogP) is 3.19. The largest absolute Gasteiger partial charge is 0.348 e. The second-order valence-corrected chi connectivity index (χ2v) is 4.54. The molecule has 2 aromatic heterocycles. The highest BCUT2D eigenvalue weighted by molar-refractivity contribution is 5.80. The molecule has 0 spiro atoms. The van der Waals surface area contributed by atoms with Crippen molar-refractivity contribution in [2.24, 2.45) is 7.05 Å². The Kier molecular flexibility index (Phi) is 2.08. The minimum atomic E-state index is 0.928. The van der Waals surface area contributed by atoms with Gasteiger partial charge in [0.2, 0.25) is 0 Å². The number of benzene rings is 1. The minimum absolute atomic E-state index is 0.928. The molecule has 86 valence electrons. The van der Waals surface area contributed by atoms with Crippen LogP contribution in [0.25, 0.3) is 22.6 Å². The van der Waals surface area contributed by atoms with E-state index in [1.165, 1.54) is 11.1 Å². The molecule has 0 fully saturated rings. The summed E-state index contributed by atoms with van der Waals surface area (Å²) in [5.41, 5.74) is 5.81. The Morgan fingerprint density at radius 1 is 1.18 bits per heavy atom. The molecule has 3 heteroatoms. The Hall–Kier alpha value is -2.03.